The Bertz CT molecular complexity index is 277. The second kappa shape index (κ2) is 4.73. The van der Waals surface area contributed by atoms with Gasteiger partial charge in [-0.05, 0) is 6.08 Å². The molecule has 62 valence electrons. The first-order valence-corrected chi connectivity index (χ1v) is 4.20. The van der Waals surface area contributed by atoms with Gasteiger partial charge in [0.15, 0.2) is 5.78 Å². The van der Waals surface area contributed by atoms with E-state index in [1.54, 1.807) is 18.2 Å². The van der Waals surface area contributed by atoms with Crippen LogP contribution in [0.5, 0.6) is 0 Å². The molecule has 0 spiro atoms. The van der Waals surface area contributed by atoms with E-state index in [-0.39, 0.29) is 5.78 Å². The highest BCUT2D eigenvalue weighted by Crippen LogP contribution is 2.00. The van der Waals surface area contributed by atoms with Gasteiger partial charge in [0.25, 0.3) is 0 Å². The molecule has 12 heavy (non-hydrogen) atoms. The van der Waals surface area contributed by atoms with E-state index in [0.29, 0.717) is 11.4 Å². The summed E-state index contributed by atoms with van der Waals surface area (Å²) in [5.74, 6) is 0.370. The van der Waals surface area contributed by atoms with Crippen molar-refractivity contribution in [2.45, 2.75) is 0 Å². The molecule has 1 nitrogen and oxygen atoms in total. The lowest BCUT2D eigenvalue weighted by atomic mass is 10.1. The van der Waals surface area contributed by atoms with Crippen molar-refractivity contribution in [1.82, 2.24) is 0 Å². The molecule has 0 heterocycles. The molecule has 0 bridgehead atoms. The molecule has 0 amide bonds. The van der Waals surface area contributed by atoms with Gasteiger partial charge in [0.05, 0.1) is 0 Å². The zero-order chi connectivity index (χ0) is 8.81. The lowest BCUT2D eigenvalue weighted by Crippen LogP contribution is -1.92. The van der Waals surface area contributed by atoms with E-state index < -0.39 is 0 Å². The molecule has 0 saturated heterocycles. The summed E-state index contributed by atoms with van der Waals surface area (Å²) in [5.41, 5.74) is 0.693. The summed E-state index contributed by atoms with van der Waals surface area (Å²) in [6.07, 6.45) is 3.12. The fourth-order valence-electron chi connectivity index (χ4n) is 0.850. The number of carbonyl (C=O) groups is 1. The van der Waals surface area contributed by atoms with Crippen molar-refractivity contribution >= 4 is 17.4 Å². The SMILES string of the molecule is O=C(/C=C/CCl)c1ccccc1. The van der Waals surface area contributed by atoms with Crippen LogP contribution in [0, 0.1) is 0 Å². The van der Waals surface area contributed by atoms with E-state index in [4.69, 9.17) is 11.6 Å². The molecular formula is C10H9ClO. The van der Waals surface area contributed by atoms with Gasteiger partial charge in [-0.15, -0.1) is 11.6 Å². The van der Waals surface area contributed by atoms with Crippen LogP contribution in [0.15, 0.2) is 42.5 Å². The van der Waals surface area contributed by atoms with E-state index in [0.717, 1.165) is 0 Å². The molecule has 0 N–H and O–H groups in total. The van der Waals surface area contributed by atoms with Crippen molar-refractivity contribution in [2.24, 2.45) is 0 Å². The number of rotatable bonds is 3. The van der Waals surface area contributed by atoms with Gasteiger partial charge in [-0.2, -0.15) is 0 Å². The molecule has 0 fully saturated rings. The molecule has 1 aromatic rings. The van der Waals surface area contributed by atoms with Crippen LogP contribution < -0.4 is 0 Å². The zero-order valence-corrected chi connectivity index (χ0v) is 7.29. The lowest BCUT2D eigenvalue weighted by molar-refractivity contribution is 0.104. The first-order valence-electron chi connectivity index (χ1n) is 3.66. The van der Waals surface area contributed by atoms with Gasteiger partial charge in [-0.25, -0.2) is 0 Å². The smallest absolute Gasteiger partial charge is 0.185 e. The van der Waals surface area contributed by atoms with Gasteiger partial charge in [0.2, 0.25) is 0 Å². The normalized spacial score (nSPS) is 10.4. The predicted octanol–water partition coefficient (Wildman–Crippen LogP) is 2.66. The van der Waals surface area contributed by atoms with Crippen LogP contribution in [0.2, 0.25) is 0 Å². The van der Waals surface area contributed by atoms with Crippen molar-refractivity contribution in [3.63, 3.8) is 0 Å². The molecule has 0 saturated carbocycles. The molecule has 0 aliphatic heterocycles. The molecule has 0 radical (unpaired) electrons. The minimum absolute atomic E-state index is 0.00347. The quantitative estimate of drug-likeness (QED) is 0.397. The number of alkyl halides is 1. The zero-order valence-electron chi connectivity index (χ0n) is 6.53. The second-order valence-electron chi connectivity index (χ2n) is 2.29. The third kappa shape index (κ3) is 2.51. The summed E-state index contributed by atoms with van der Waals surface area (Å²) in [6.45, 7) is 0. The van der Waals surface area contributed by atoms with E-state index in [9.17, 15) is 4.79 Å². The van der Waals surface area contributed by atoms with Gasteiger partial charge >= 0.3 is 0 Å². The van der Waals surface area contributed by atoms with Gasteiger partial charge in [0.1, 0.15) is 0 Å². The van der Waals surface area contributed by atoms with Crippen LogP contribution in [-0.4, -0.2) is 11.7 Å². The Morgan fingerprint density at radius 2 is 2.00 bits per heavy atom. The molecule has 0 aromatic heterocycles. The largest absolute Gasteiger partial charge is 0.289 e. The topological polar surface area (TPSA) is 17.1 Å². The van der Waals surface area contributed by atoms with E-state index >= 15 is 0 Å². The van der Waals surface area contributed by atoms with Crippen LogP contribution in [0.25, 0.3) is 0 Å². The first kappa shape index (κ1) is 9.01. The molecule has 0 unspecified atom stereocenters. The third-order valence-corrected chi connectivity index (χ3v) is 1.59. The van der Waals surface area contributed by atoms with Crippen molar-refractivity contribution in [2.75, 3.05) is 5.88 Å². The summed E-state index contributed by atoms with van der Waals surface area (Å²) in [5, 5.41) is 0. The van der Waals surface area contributed by atoms with Crippen LogP contribution >= 0.6 is 11.6 Å². The molecular weight excluding hydrogens is 172 g/mol. The number of hydrogen-bond donors (Lipinski definition) is 0. The summed E-state index contributed by atoms with van der Waals surface area (Å²) >= 11 is 5.39. The average molecular weight is 181 g/mol. The van der Waals surface area contributed by atoms with Crippen molar-refractivity contribution < 1.29 is 4.79 Å². The van der Waals surface area contributed by atoms with Crippen LogP contribution in [0.3, 0.4) is 0 Å². The molecule has 0 aliphatic rings. The maximum absolute atomic E-state index is 11.3. The maximum atomic E-state index is 11.3. The number of ketones is 1. The van der Waals surface area contributed by atoms with Gasteiger partial charge < -0.3 is 0 Å². The number of carbonyl (C=O) groups excluding carboxylic acids is 1. The summed E-state index contributed by atoms with van der Waals surface area (Å²) in [6, 6.07) is 9.10. The van der Waals surface area contributed by atoms with E-state index in [1.807, 2.05) is 18.2 Å². The highest BCUT2D eigenvalue weighted by atomic mass is 35.5. The number of hydrogen-bond acceptors (Lipinski definition) is 1. The fourth-order valence-corrected chi connectivity index (χ4v) is 0.939. The summed E-state index contributed by atoms with van der Waals surface area (Å²) in [7, 11) is 0. The van der Waals surface area contributed by atoms with E-state index in [1.165, 1.54) is 6.08 Å². The standard InChI is InChI=1S/C10H9ClO/c11-8-4-7-10(12)9-5-2-1-3-6-9/h1-7H,8H2/b7-4+. The Hall–Kier alpha value is -1.08. The number of allylic oxidation sites excluding steroid dienone is 2. The summed E-state index contributed by atoms with van der Waals surface area (Å²) in [4.78, 5) is 11.3. The maximum Gasteiger partial charge on any atom is 0.185 e. The highest BCUT2D eigenvalue weighted by Gasteiger charge is 1.97. The Morgan fingerprint density at radius 3 is 2.58 bits per heavy atom. The van der Waals surface area contributed by atoms with Gasteiger partial charge in [-0.3, -0.25) is 4.79 Å². The van der Waals surface area contributed by atoms with Crippen molar-refractivity contribution in [1.29, 1.82) is 0 Å². The number of benzene rings is 1. The monoisotopic (exact) mass is 180 g/mol. The minimum Gasteiger partial charge on any atom is -0.289 e. The minimum atomic E-state index is -0.00347. The summed E-state index contributed by atoms with van der Waals surface area (Å²) < 4.78 is 0. The van der Waals surface area contributed by atoms with Gasteiger partial charge in [-0.1, -0.05) is 36.4 Å². The first-order chi connectivity index (χ1) is 5.84. The van der Waals surface area contributed by atoms with Crippen LogP contribution in [0.4, 0.5) is 0 Å². The molecule has 1 rings (SSSR count). The number of halogens is 1. The van der Waals surface area contributed by atoms with Crippen LogP contribution in [0.1, 0.15) is 10.4 Å². The lowest BCUT2D eigenvalue weighted by Gasteiger charge is -1.92. The van der Waals surface area contributed by atoms with Crippen molar-refractivity contribution in [3.8, 4) is 0 Å². The fraction of sp³-hybridized carbons (Fsp3) is 0.100. The molecule has 2 heteroatoms. The Kier molecular flexibility index (Phi) is 3.55. The Morgan fingerprint density at radius 1 is 1.33 bits per heavy atom. The van der Waals surface area contributed by atoms with E-state index in [2.05, 4.69) is 0 Å². The molecule has 0 aliphatic carbocycles. The highest BCUT2D eigenvalue weighted by molar-refractivity contribution is 6.19. The molecule has 0 atom stereocenters. The predicted molar refractivity (Wildman–Crippen MR) is 50.6 cm³/mol. The van der Waals surface area contributed by atoms with Crippen molar-refractivity contribution in [3.05, 3.63) is 48.0 Å². The third-order valence-electron chi connectivity index (χ3n) is 1.42. The second-order valence-corrected chi connectivity index (χ2v) is 2.60. The van der Waals surface area contributed by atoms with Gasteiger partial charge in [0, 0.05) is 11.4 Å². The molecule has 1 aromatic carbocycles. The van der Waals surface area contributed by atoms with Crippen LogP contribution in [-0.2, 0) is 0 Å². The Labute approximate surface area is 76.7 Å². The Balaban J connectivity index is 2.72. The average Bonchev–Trinajstić information content (AvgIpc) is 2.15.